The lowest BCUT2D eigenvalue weighted by molar-refractivity contribution is -0.112. The van der Waals surface area contributed by atoms with E-state index >= 15 is 0 Å². The maximum Gasteiger partial charge on any atom is 0.266 e. The number of hydrogen-bond acceptors (Lipinski definition) is 4. The van der Waals surface area contributed by atoms with Gasteiger partial charge in [-0.25, -0.2) is 0 Å². The predicted octanol–water partition coefficient (Wildman–Crippen LogP) is 4.20. The summed E-state index contributed by atoms with van der Waals surface area (Å²) in [6.45, 7) is 6.48. The van der Waals surface area contributed by atoms with Crippen LogP contribution >= 0.6 is 0 Å². The lowest BCUT2D eigenvalue weighted by Crippen LogP contribution is -2.13. The standard InChI is InChI=1S/C21H20N2O3/c1-3-13-26-20-9-5-16(6-10-20)14-17(15-22)21(24)23-18-7-11-19(12-8-18)25-4-2/h3,5-12,14H,1,4,13H2,2H3,(H,23,24)/b17-14+. The van der Waals surface area contributed by atoms with Crippen LogP contribution in [0.15, 0.2) is 66.8 Å². The zero-order valence-electron chi connectivity index (χ0n) is 14.6. The summed E-state index contributed by atoms with van der Waals surface area (Å²) >= 11 is 0. The van der Waals surface area contributed by atoms with Crippen molar-refractivity contribution in [3.63, 3.8) is 0 Å². The summed E-state index contributed by atoms with van der Waals surface area (Å²) in [6.07, 6.45) is 3.19. The summed E-state index contributed by atoms with van der Waals surface area (Å²) in [5, 5.41) is 12.0. The van der Waals surface area contributed by atoms with Crippen LogP contribution in [0.5, 0.6) is 11.5 Å². The SMILES string of the molecule is C=CCOc1ccc(/C=C(\C#N)C(=O)Nc2ccc(OCC)cc2)cc1. The van der Waals surface area contributed by atoms with Gasteiger partial charge in [-0.1, -0.05) is 24.8 Å². The third kappa shape index (κ3) is 5.53. The maximum atomic E-state index is 12.3. The van der Waals surface area contributed by atoms with E-state index in [4.69, 9.17) is 9.47 Å². The fourth-order valence-corrected chi connectivity index (χ4v) is 2.13. The van der Waals surface area contributed by atoms with Crippen LogP contribution in [0.2, 0.25) is 0 Å². The number of benzene rings is 2. The Hall–Kier alpha value is -3.52. The van der Waals surface area contributed by atoms with E-state index in [2.05, 4.69) is 11.9 Å². The van der Waals surface area contributed by atoms with Crippen LogP contribution in [-0.4, -0.2) is 19.1 Å². The molecule has 0 aliphatic heterocycles. The van der Waals surface area contributed by atoms with Crippen molar-refractivity contribution in [1.82, 2.24) is 0 Å². The first-order valence-corrected chi connectivity index (χ1v) is 8.16. The number of nitriles is 1. The molecule has 0 aromatic heterocycles. The summed E-state index contributed by atoms with van der Waals surface area (Å²) in [6, 6.07) is 16.0. The minimum Gasteiger partial charge on any atom is -0.494 e. The van der Waals surface area contributed by atoms with E-state index in [1.807, 2.05) is 13.0 Å². The molecule has 26 heavy (non-hydrogen) atoms. The lowest BCUT2D eigenvalue weighted by atomic mass is 10.1. The van der Waals surface area contributed by atoms with Crippen molar-refractivity contribution < 1.29 is 14.3 Å². The topological polar surface area (TPSA) is 71.3 Å². The van der Waals surface area contributed by atoms with Gasteiger partial charge in [0.25, 0.3) is 5.91 Å². The van der Waals surface area contributed by atoms with Crippen LogP contribution in [0.3, 0.4) is 0 Å². The zero-order chi connectivity index (χ0) is 18.8. The Balaban J connectivity index is 2.06. The van der Waals surface area contributed by atoms with Gasteiger partial charge in [-0.15, -0.1) is 0 Å². The van der Waals surface area contributed by atoms with Crippen molar-refractivity contribution >= 4 is 17.7 Å². The second kappa shape index (κ2) is 9.70. The third-order valence-corrected chi connectivity index (χ3v) is 3.35. The van der Waals surface area contributed by atoms with Crippen LogP contribution in [-0.2, 0) is 4.79 Å². The highest BCUT2D eigenvalue weighted by Gasteiger charge is 2.09. The second-order valence-corrected chi connectivity index (χ2v) is 5.25. The van der Waals surface area contributed by atoms with E-state index in [1.54, 1.807) is 54.6 Å². The molecule has 0 aliphatic rings. The van der Waals surface area contributed by atoms with Crippen molar-refractivity contribution in [1.29, 1.82) is 5.26 Å². The smallest absolute Gasteiger partial charge is 0.266 e. The molecule has 2 aromatic carbocycles. The molecule has 132 valence electrons. The molecule has 1 amide bonds. The molecule has 0 bridgehead atoms. The summed E-state index contributed by atoms with van der Waals surface area (Å²) in [5.41, 5.74) is 1.33. The van der Waals surface area contributed by atoms with Gasteiger partial charge >= 0.3 is 0 Å². The molecule has 0 atom stereocenters. The van der Waals surface area contributed by atoms with E-state index in [0.717, 1.165) is 11.3 Å². The molecule has 2 aromatic rings. The van der Waals surface area contributed by atoms with E-state index < -0.39 is 5.91 Å². The minimum absolute atomic E-state index is 0.0126. The average Bonchev–Trinajstić information content (AvgIpc) is 2.67. The molecule has 0 spiro atoms. The summed E-state index contributed by atoms with van der Waals surface area (Å²) in [7, 11) is 0. The normalized spacial score (nSPS) is 10.5. The molecular formula is C21H20N2O3. The Morgan fingerprint density at radius 1 is 1.12 bits per heavy atom. The zero-order valence-corrected chi connectivity index (χ0v) is 14.6. The van der Waals surface area contributed by atoms with Crippen molar-refractivity contribution in [2.24, 2.45) is 0 Å². The molecule has 2 rings (SSSR count). The Kier molecular flexibility index (Phi) is 7.02. The largest absolute Gasteiger partial charge is 0.494 e. The number of hydrogen-bond donors (Lipinski definition) is 1. The highest BCUT2D eigenvalue weighted by atomic mass is 16.5. The monoisotopic (exact) mass is 348 g/mol. The first-order chi connectivity index (χ1) is 12.7. The van der Waals surface area contributed by atoms with E-state index in [9.17, 15) is 10.1 Å². The molecular weight excluding hydrogens is 328 g/mol. The molecule has 1 N–H and O–H groups in total. The molecule has 0 saturated heterocycles. The molecule has 5 heteroatoms. The lowest BCUT2D eigenvalue weighted by Gasteiger charge is -2.07. The number of nitrogens with zero attached hydrogens (tertiary/aromatic N) is 1. The van der Waals surface area contributed by atoms with Gasteiger partial charge in [0.05, 0.1) is 6.61 Å². The van der Waals surface area contributed by atoms with Crippen LogP contribution in [0.4, 0.5) is 5.69 Å². The number of amides is 1. The van der Waals surface area contributed by atoms with Crippen LogP contribution in [0, 0.1) is 11.3 Å². The Bertz CT molecular complexity index is 816. The Morgan fingerprint density at radius 3 is 2.31 bits per heavy atom. The third-order valence-electron chi connectivity index (χ3n) is 3.35. The van der Waals surface area contributed by atoms with Gasteiger partial charge in [0.15, 0.2) is 0 Å². The fraction of sp³-hybridized carbons (Fsp3) is 0.143. The molecule has 0 fully saturated rings. The summed E-state index contributed by atoms with van der Waals surface area (Å²) in [4.78, 5) is 12.3. The molecule has 0 unspecified atom stereocenters. The molecule has 0 aliphatic carbocycles. The van der Waals surface area contributed by atoms with Gasteiger partial charge in [-0.3, -0.25) is 4.79 Å². The van der Waals surface area contributed by atoms with Gasteiger partial charge in [0.1, 0.15) is 29.7 Å². The van der Waals surface area contributed by atoms with Crippen molar-refractivity contribution in [3.8, 4) is 17.6 Å². The highest BCUT2D eigenvalue weighted by molar-refractivity contribution is 6.09. The predicted molar refractivity (Wildman–Crippen MR) is 102 cm³/mol. The quantitative estimate of drug-likeness (QED) is 0.441. The van der Waals surface area contributed by atoms with Gasteiger partial charge in [-0.2, -0.15) is 5.26 Å². The Labute approximate surface area is 153 Å². The van der Waals surface area contributed by atoms with Crippen molar-refractivity contribution in [3.05, 3.63) is 72.3 Å². The number of ether oxygens (including phenoxy) is 2. The molecule has 0 radical (unpaired) electrons. The highest BCUT2D eigenvalue weighted by Crippen LogP contribution is 2.18. The number of rotatable bonds is 8. The number of anilines is 1. The fourth-order valence-electron chi connectivity index (χ4n) is 2.13. The van der Waals surface area contributed by atoms with Gasteiger partial charge in [0, 0.05) is 5.69 Å². The second-order valence-electron chi connectivity index (χ2n) is 5.25. The minimum atomic E-state index is -0.469. The van der Waals surface area contributed by atoms with Crippen molar-refractivity contribution in [2.45, 2.75) is 6.92 Å². The van der Waals surface area contributed by atoms with Gasteiger partial charge < -0.3 is 14.8 Å². The van der Waals surface area contributed by atoms with Crippen molar-refractivity contribution in [2.75, 3.05) is 18.5 Å². The Morgan fingerprint density at radius 2 is 1.73 bits per heavy atom. The van der Waals surface area contributed by atoms with Gasteiger partial charge in [-0.05, 0) is 55.0 Å². The van der Waals surface area contributed by atoms with E-state index in [-0.39, 0.29) is 5.57 Å². The van der Waals surface area contributed by atoms with Crippen LogP contribution in [0.1, 0.15) is 12.5 Å². The summed E-state index contributed by atoms with van der Waals surface area (Å²) < 4.78 is 10.8. The van der Waals surface area contributed by atoms with Crippen LogP contribution < -0.4 is 14.8 Å². The van der Waals surface area contributed by atoms with Crippen LogP contribution in [0.25, 0.3) is 6.08 Å². The first kappa shape index (κ1) is 18.8. The molecule has 0 heterocycles. The average molecular weight is 348 g/mol. The van der Waals surface area contributed by atoms with E-state index in [0.29, 0.717) is 24.7 Å². The summed E-state index contributed by atoms with van der Waals surface area (Å²) in [5.74, 6) is 0.948. The number of carbonyl (C=O) groups excluding carboxylic acids is 1. The number of nitrogens with one attached hydrogen (secondary N) is 1. The maximum absolute atomic E-state index is 12.3. The van der Waals surface area contributed by atoms with Gasteiger partial charge in [0.2, 0.25) is 0 Å². The van der Waals surface area contributed by atoms with E-state index in [1.165, 1.54) is 6.08 Å². The molecule has 5 nitrogen and oxygen atoms in total. The molecule has 0 saturated carbocycles. The first-order valence-electron chi connectivity index (χ1n) is 8.16. The number of carbonyl (C=O) groups is 1.